The maximum atomic E-state index is 12.2. The minimum Gasteiger partial charge on any atom is -0.371 e. The molecule has 0 amide bonds. The summed E-state index contributed by atoms with van der Waals surface area (Å²) in [7, 11) is 1.61. The van der Waals surface area contributed by atoms with Gasteiger partial charge in [0.1, 0.15) is 5.60 Å². The van der Waals surface area contributed by atoms with Gasteiger partial charge in [-0.1, -0.05) is 78.5 Å². The van der Waals surface area contributed by atoms with E-state index < -0.39 is 5.60 Å². The fourth-order valence-corrected chi connectivity index (χ4v) is 5.40. The smallest absolute Gasteiger partial charge is 0.164 e. The van der Waals surface area contributed by atoms with Gasteiger partial charge in [-0.2, -0.15) is 0 Å². The van der Waals surface area contributed by atoms with Gasteiger partial charge in [0.15, 0.2) is 5.78 Å². The molecule has 0 bridgehead atoms. The predicted molar refractivity (Wildman–Crippen MR) is 196 cm³/mol. The summed E-state index contributed by atoms with van der Waals surface area (Å²) in [6.07, 6.45) is 30.2. The maximum absolute atomic E-state index is 12.2. The van der Waals surface area contributed by atoms with Crippen molar-refractivity contribution in [2.24, 2.45) is 17.6 Å². The lowest BCUT2D eigenvalue weighted by atomic mass is 9.95. The summed E-state index contributed by atoms with van der Waals surface area (Å²) in [6.45, 7) is 20.2. The summed E-state index contributed by atoms with van der Waals surface area (Å²) in [4.78, 5) is 12.2. The normalized spacial score (nSPS) is 15.0. The van der Waals surface area contributed by atoms with Crippen LogP contribution in [0.5, 0.6) is 0 Å². The predicted octanol–water partition coefficient (Wildman–Crippen LogP) is 12.2. The summed E-state index contributed by atoms with van der Waals surface area (Å²) in [5.74, 6) is 1.67. The van der Waals surface area contributed by atoms with Crippen molar-refractivity contribution in [1.29, 1.82) is 0 Å². The number of ether oxygens (including phenoxy) is 1. The van der Waals surface area contributed by atoms with Gasteiger partial charge < -0.3 is 10.5 Å². The van der Waals surface area contributed by atoms with Crippen LogP contribution >= 0.6 is 0 Å². The highest BCUT2D eigenvalue weighted by molar-refractivity contribution is 5.86. The van der Waals surface area contributed by atoms with Gasteiger partial charge in [-0.3, -0.25) is 4.79 Å². The Morgan fingerprint density at radius 2 is 1.16 bits per heavy atom. The number of carbonyl (C=O) groups excluding carboxylic acids is 1. The monoisotopic (exact) mass is 612 g/mol. The minimum absolute atomic E-state index is 0.178. The Balaban J connectivity index is 4.14. The van der Waals surface area contributed by atoms with E-state index in [1.165, 1.54) is 92.1 Å². The van der Waals surface area contributed by atoms with Crippen molar-refractivity contribution in [1.82, 2.24) is 0 Å². The molecule has 0 aromatic heterocycles. The molecular weight excluding hydrogens is 538 g/mol. The van der Waals surface area contributed by atoms with Crippen molar-refractivity contribution in [3.8, 4) is 0 Å². The van der Waals surface area contributed by atoms with Crippen LogP contribution in [0.4, 0.5) is 0 Å². The standard InChI is InChI=1S/C41H73NO2/c1-33(2)18-13-20-35(4)22-15-24-37(6)27-17-29-39(32-42)28-12-11-19-34(3)21-14-23-36(5)25-16-26-38(7)30-31-40(43)41(8,9)44-10/h18-19,22,26,29,36-37H,11-17,20-21,23-25,27-28,30-32,42H2,1-10H3/b34-19+,35-22-,38-26+,39-29+/t36?,37-/m1/s1. The molecule has 44 heavy (non-hydrogen) atoms. The average Bonchev–Trinajstić information content (AvgIpc) is 2.96. The zero-order chi connectivity index (χ0) is 33.4. The van der Waals surface area contributed by atoms with E-state index in [-0.39, 0.29) is 5.78 Å². The molecule has 0 aliphatic heterocycles. The molecule has 0 heterocycles. The Labute approximate surface area is 275 Å². The lowest BCUT2D eigenvalue weighted by Crippen LogP contribution is -2.33. The number of rotatable bonds is 26. The lowest BCUT2D eigenvalue weighted by molar-refractivity contribution is -0.137. The number of Topliss-reactive ketones (excluding diaryl/α,β-unsaturated/α-hetero) is 1. The van der Waals surface area contributed by atoms with Crippen LogP contribution < -0.4 is 5.73 Å². The Bertz CT molecular complexity index is 926. The molecule has 2 N–H and O–H groups in total. The van der Waals surface area contributed by atoms with E-state index >= 15 is 0 Å². The van der Waals surface area contributed by atoms with Gasteiger partial charge in [-0.05, 0) is 150 Å². The third-order valence-corrected chi connectivity index (χ3v) is 9.14. The first-order valence-electron chi connectivity index (χ1n) is 17.9. The van der Waals surface area contributed by atoms with Crippen LogP contribution in [0, 0.1) is 11.8 Å². The fourth-order valence-electron chi connectivity index (χ4n) is 5.40. The topological polar surface area (TPSA) is 52.3 Å². The molecule has 0 aliphatic rings. The van der Waals surface area contributed by atoms with Gasteiger partial charge in [0.2, 0.25) is 0 Å². The molecule has 0 spiro atoms. The summed E-state index contributed by atoms with van der Waals surface area (Å²) < 4.78 is 5.30. The Kier molecular flexibility index (Phi) is 24.5. The number of hydrogen-bond donors (Lipinski definition) is 1. The number of allylic oxidation sites excluding steroid dienone is 9. The zero-order valence-electron chi connectivity index (χ0n) is 31.0. The van der Waals surface area contributed by atoms with Crippen LogP contribution in [0.15, 0.2) is 58.2 Å². The van der Waals surface area contributed by atoms with Crippen molar-refractivity contribution in [2.75, 3.05) is 13.7 Å². The lowest BCUT2D eigenvalue weighted by Gasteiger charge is -2.21. The van der Waals surface area contributed by atoms with Crippen LogP contribution in [0.1, 0.15) is 165 Å². The molecule has 254 valence electrons. The molecule has 3 heteroatoms. The van der Waals surface area contributed by atoms with Crippen molar-refractivity contribution in [2.45, 2.75) is 171 Å². The summed E-state index contributed by atoms with van der Waals surface area (Å²) >= 11 is 0. The van der Waals surface area contributed by atoms with Crippen LogP contribution in [-0.2, 0) is 9.53 Å². The largest absolute Gasteiger partial charge is 0.371 e. The molecule has 0 aromatic carbocycles. The maximum Gasteiger partial charge on any atom is 0.164 e. The minimum atomic E-state index is -0.674. The molecule has 0 aliphatic carbocycles. The van der Waals surface area contributed by atoms with Gasteiger partial charge >= 0.3 is 0 Å². The van der Waals surface area contributed by atoms with Crippen LogP contribution in [0.3, 0.4) is 0 Å². The van der Waals surface area contributed by atoms with Crippen molar-refractivity contribution >= 4 is 5.78 Å². The van der Waals surface area contributed by atoms with Gasteiger partial charge in [0, 0.05) is 20.1 Å². The second kappa shape index (κ2) is 25.5. The summed E-state index contributed by atoms with van der Waals surface area (Å²) in [6, 6.07) is 0. The highest BCUT2D eigenvalue weighted by Crippen LogP contribution is 2.21. The molecule has 0 aromatic rings. The van der Waals surface area contributed by atoms with Crippen molar-refractivity contribution in [3.05, 3.63) is 58.2 Å². The van der Waals surface area contributed by atoms with E-state index in [1.54, 1.807) is 7.11 Å². The first kappa shape index (κ1) is 42.3. The quantitative estimate of drug-likeness (QED) is 0.0782. The molecule has 3 nitrogen and oxygen atoms in total. The van der Waals surface area contributed by atoms with E-state index in [9.17, 15) is 4.79 Å². The van der Waals surface area contributed by atoms with E-state index in [0.29, 0.717) is 13.0 Å². The van der Waals surface area contributed by atoms with E-state index in [2.05, 4.69) is 78.8 Å². The SMILES string of the molecule is COC(C)(C)C(=O)CC/C(C)=C/CCC(C)CCC/C(C)=C/CCC/C(=C\CC[C@H](C)CC/C=C(/C)CCC=C(C)C)CN. The third kappa shape index (κ3) is 23.6. The Hall–Kier alpha value is -1.71. The second-order valence-corrected chi connectivity index (χ2v) is 14.4. The molecule has 0 saturated carbocycles. The van der Waals surface area contributed by atoms with E-state index in [4.69, 9.17) is 10.5 Å². The number of carbonyl (C=O) groups is 1. The molecule has 0 fully saturated rings. The zero-order valence-corrected chi connectivity index (χ0v) is 31.0. The van der Waals surface area contributed by atoms with E-state index in [0.717, 1.165) is 43.9 Å². The third-order valence-electron chi connectivity index (χ3n) is 9.14. The molecule has 0 radical (unpaired) electrons. The van der Waals surface area contributed by atoms with Gasteiger partial charge in [0.05, 0.1) is 0 Å². The van der Waals surface area contributed by atoms with Crippen LogP contribution in [0.25, 0.3) is 0 Å². The first-order chi connectivity index (χ1) is 20.8. The number of ketones is 1. The number of nitrogens with two attached hydrogens (primary N) is 1. The highest BCUT2D eigenvalue weighted by Gasteiger charge is 2.25. The van der Waals surface area contributed by atoms with Crippen molar-refractivity contribution in [3.63, 3.8) is 0 Å². The molecule has 0 rings (SSSR count). The second-order valence-electron chi connectivity index (χ2n) is 14.4. The van der Waals surface area contributed by atoms with E-state index in [1.807, 2.05) is 13.8 Å². The average molecular weight is 612 g/mol. The van der Waals surface area contributed by atoms with Crippen molar-refractivity contribution < 1.29 is 9.53 Å². The van der Waals surface area contributed by atoms with Gasteiger partial charge in [0.25, 0.3) is 0 Å². The first-order valence-corrected chi connectivity index (χ1v) is 17.9. The van der Waals surface area contributed by atoms with Gasteiger partial charge in [-0.15, -0.1) is 0 Å². The fraction of sp³-hybridized carbons (Fsp3) is 0.732. The molecule has 1 unspecified atom stereocenters. The highest BCUT2D eigenvalue weighted by atomic mass is 16.5. The summed E-state index contributed by atoms with van der Waals surface area (Å²) in [5, 5.41) is 0. The van der Waals surface area contributed by atoms with Crippen LogP contribution in [0.2, 0.25) is 0 Å². The molecule has 2 atom stereocenters. The number of unbranched alkanes of at least 4 members (excludes halogenated alkanes) is 1. The Morgan fingerprint density at radius 3 is 1.73 bits per heavy atom. The molecular formula is C41H73NO2. The number of methoxy groups -OCH3 is 1. The van der Waals surface area contributed by atoms with Gasteiger partial charge in [-0.25, -0.2) is 0 Å². The molecule has 0 saturated heterocycles. The Morgan fingerprint density at radius 1 is 0.636 bits per heavy atom. The number of hydrogen-bond acceptors (Lipinski definition) is 3. The van der Waals surface area contributed by atoms with Crippen LogP contribution in [-0.4, -0.2) is 25.0 Å². The summed E-state index contributed by atoms with van der Waals surface area (Å²) in [5.41, 5.74) is 12.6.